The molecule has 0 spiro atoms. The molecule has 4 nitrogen and oxygen atoms in total. The fourth-order valence-electron chi connectivity index (χ4n) is 3.63. The van der Waals surface area contributed by atoms with E-state index in [4.69, 9.17) is 4.98 Å². The zero-order valence-corrected chi connectivity index (χ0v) is 15.2. The monoisotopic (exact) mass is 365 g/mol. The van der Waals surface area contributed by atoms with E-state index in [0.717, 1.165) is 33.5 Å². The van der Waals surface area contributed by atoms with Gasteiger partial charge in [-0.15, -0.1) is 0 Å². The van der Waals surface area contributed by atoms with Crippen LogP contribution in [0.5, 0.6) is 5.75 Å². The molecule has 2 heterocycles. The summed E-state index contributed by atoms with van der Waals surface area (Å²) in [6, 6.07) is 27.9. The van der Waals surface area contributed by atoms with Crippen molar-refractivity contribution in [1.82, 2.24) is 9.38 Å². The van der Waals surface area contributed by atoms with E-state index in [1.54, 1.807) is 6.07 Å². The van der Waals surface area contributed by atoms with Gasteiger partial charge in [0.15, 0.2) is 0 Å². The van der Waals surface area contributed by atoms with Crippen LogP contribution in [0, 0.1) is 0 Å². The molecule has 0 fully saturated rings. The quantitative estimate of drug-likeness (QED) is 0.444. The molecule has 0 aliphatic heterocycles. The minimum absolute atomic E-state index is 0.227. The predicted molar refractivity (Wildman–Crippen MR) is 114 cm³/mol. The highest BCUT2D eigenvalue weighted by Crippen LogP contribution is 2.40. The van der Waals surface area contributed by atoms with Crippen LogP contribution in [-0.2, 0) is 6.54 Å². The molecular weight excluding hydrogens is 346 g/mol. The number of benzene rings is 3. The number of rotatable bonds is 4. The third kappa shape index (κ3) is 2.76. The fraction of sp³-hybridized carbons (Fsp3) is 0.0417. The van der Waals surface area contributed by atoms with Gasteiger partial charge < -0.3 is 10.4 Å². The van der Waals surface area contributed by atoms with Crippen LogP contribution in [0.1, 0.15) is 5.56 Å². The van der Waals surface area contributed by atoms with Gasteiger partial charge in [0, 0.05) is 12.7 Å². The summed E-state index contributed by atoms with van der Waals surface area (Å²) in [6.07, 6.45) is 1.99. The molecule has 0 saturated carbocycles. The van der Waals surface area contributed by atoms with E-state index in [-0.39, 0.29) is 5.75 Å². The summed E-state index contributed by atoms with van der Waals surface area (Å²) in [7, 11) is 0. The molecule has 28 heavy (non-hydrogen) atoms. The summed E-state index contributed by atoms with van der Waals surface area (Å²) in [5.41, 5.74) is 3.51. The number of pyridine rings is 1. The Balaban J connectivity index is 1.71. The Hall–Kier alpha value is -3.79. The van der Waals surface area contributed by atoms with E-state index in [1.165, 1.54) is 5.56 Å². The number of hydrogen-bond acceptors (Lipinski definition) is 3. The summed E-state index contributed by atoms with van der Waals surface area (Å²) >= 11 is 0. The molecule has 4 heteroatoms. The first-order chi connectivity index (χ1) is 13.8. The number of nitrogens with one attached hydrogen (secondary N) is 1. The lowest BCUT2D eigenvalue weighted by molar-refractivity contribution is 0.478. The van der Waals surface area contributed by atoms with Crippen LogP contribution in [0.15, 0.2) is 91.1 Å². The maximum atomic E-state index is 10.7. The Morgan fingerprint density at radius 2 is 1.61 bits per heavy atom. The van der Waals surface area contributed by atoms with Crippen molar-refractivity contribution in [2.24, 2.45) is 0 Å². The first-order valence-corrected chi connectivity index (χ1v) is 9.27. The van der Waals surface area contributed by atoms with Crippen molar-refractivity contribution >= 4 is 22.2 Å². The molecule has 0 bridgehead atoms. The van der Waals surface area contributed by atoms with Crippen LogP contribution in [0.4, 0.5) is 5.82 Å². The zero-order valence-electron chi connectivity index (χ0n) is 15.2. The van der Waals surface area contributed by atoms with Gasteiger partial charge in [-0.05, 0) is 34.5 Å². The van der Waals surface area contributed by atoms with Crippen LogP contribution in [-0.4, -0.2) is 14.5 Å². The van der Waals surface area contributed by atoms with Gasteiger partial charge in [0.2, 0.25) is 0 Å². The van der Waals surface area contributed by atoms with Gasteiger partial charge in [0.25, 0.3) is 0 Å². The summed E-state index contributed by atoms with van der Waals surface area (Å²) in [4.78, 5) is 4.85. The van der Waals surface area contributed by atoms with Crippen LogP contribution in [0.25, 0.3) is 27.7 Å². The summed E-state index contributed by atoms with van der Waals surface area (Å²) in [6.45, 7) is 0.669. The second kappa shape index (κ2) is 6.74. The molecular formula is C24H19N3O. The van der Waals surface area contributed by atoms with Crippen LogP contribution < -0.4 is 5.32 Å². The Morgan fingerprint density at radius 3 is 2.50 bits per heavy atom. The largest absolute Gasteiger partial charge is 0.507 e. The molecule has 0 atom stereocenters. The SMILES string of the molecule is Oc1ccc2ccccc2c1-c1nc2ccccn2c1NCc1ccccc1. The second-order valence-electron chi connectivity index (χ2n) is 6.76. The van der Waals surface area contributed by atoms with E-state index in [1.807, 2.05) is 77.3 Å². The molecule has 0 saturated heterocycles. The first kappa shape index (κ1) is 16.4. The van der Waals surface area contributed by atoms with E-state index >= 15 is 0 Å². The van der Waals surface area contributed by atoms with E-state index in [9.17, 15) is 5.11 Å². The highest BCUT2D eigenvalue weighted by atomic mass is 16.3. The molecule has 0 unspecified atom stereocenters. The Labute approximate surface area is 162 Å². The lowest BCUT2D eigenvalue weighted by Crippen LogP contribution is -2.03. The lowest BCUT2D eigenvalue weighted by Gasteiger charge is -2.12. The second-order valence-corrected chi connectivity index (χ2v) is 6.76. The maximum absolute atomic E-state index is 10.7. The number of imidazole rings is 1. The van der Waals surface area contributed by atoms with Gasteiger partial charge in [-0.3, -0.25) is 4.40 Å². The van der Waals surface area contributed by atoms with Crippen molar-refractivity contribution in [2.75, 3.05) is 5.32 Å². The van der Waals surface area contributed by atoms with E-state index in [2.05, 4.69) is 17.4 Å². The third-order valence-corrected chi connectivity index (χ3v) is 4.98. The summed E-state index contributed by atoms with van der Waals surface area (Å²) < 4.78 is 2.03. The van der Waals surface area contributed by atoms with Crippen molar-refractivity contribution in [1.29, 1.82) is 0 Å². The van der Waals surface area contributed by atoms with Crippen molar-refractivity contribution in [2.45, 2.75) is 6.54 Å². The van der Waals surface area contributed by atoms with Crippen molar-refractivity contribution < 1.29 is 5.11 Å². The number of phenolic OH excluding ortho intramolecular Hbond substituents is 1. The van der Waals surface area contributed by atoms with Crippen molar-refractivity contribution in [3.63, 3.8) is 0 Å². The number of hydrogen-bond donors (Lipinski definition) is 2. The topological polar surface area (TPSA) is 49.6 Å². The number of anilines is 1. The van der Waals surface area contributed by atoms with Gasteiger partial charge >= 0.3 is 0 Å². The summed E-state index contributed by atoms with van der Waals surface area (Å²) in [5, 5.41) is 16.3. The van der Waals surface area contributed by atoms with E-state index < -0.39 is 0 Å². The molecule has 5 rings (SSSR count). The van der Waals surface area contributed by atoms with Crippen LogP contribution in [0.3, 0.4) is 0 Å². The predicted octanol–water partition coefficient (Wildman–Crippen LogP) is 5.47. The minimum atomic E-state index is 0.227. The number of nitrogens with zero attached hydrogens (tertiary/aromatic N) is 2. The maximum Gasteiger partial charge on any atom is 0.139 e. The van der Waals surface area contributed by atoms with E-state index in [0.29, 0.717) is 6.54 Å². The molecule has 2 N–H and O–H groups in total. The Kier molecular flexibility index (Phi) is 3.95. The molecule has 0 aliphatic rings. The highest BCUT2D eigenvalue weighted by molar-refractivity contribution is 6.01. The Morgan fingerprint density at radius 1 is 0.821 bits per heavy atom. The van der Waals surface area contributed by atoms with Gasteiger partial charge in [-0.2, -0.15) is 0 Å². The number of aromatic nitrogens is 2. The number of aromatic hydroxyl groups is 1. The van der Waals surface area contributed by atoms with Gasteiger partial charge in [-0.1, -0.05) is 66.7 Å². The van der Waals surface area contributed by atoms with Crippen LogP contribution in [0.2, 0.25) is 0 Å². The Bertz CT molecular complexity index is 1280. The molecule has 5 aromatic rings. The lowest BCUT2D eigenvalue weighted by atomic mass is 10.0. The smallest absolute Gasteiger partial charge is 0.139 e. The molecule has 3 aromatic carbocycles. The van der Waals surface area contributed by atoms with Gasteiger partial charge in [-0.25, -0.2) is 4.98 Å². The molecule has 0 aliphatic carbocycles. The fourth-order valence-corrected chi connectivity index (χ4v) is 3.63. The average molecular weight is 365 g/mol. The molecule has 0 radical (unpaired) electrons. The van der Waals surface area contributed by atoms with Gasteiger partial charge in [0.05, 0.1) is 5.56 Å². The van der Waals surface area contributed by atoms with Crippen molar-refractivity contribution in [3.05, 3.63) is 96.7 Å². The van der Waals surface area contributed by atoms with Gasteiger partial charge in [0.1, 0.15) is 22.9 Å². The summed E-state index contributed by atoms with van der Waals surface area (Å²) in [5.74, 6) is 1.09. The number of phenols is 1. The molecule has 0 amide bonds. The van der Waals surface area contributed by atoms with Crippen LogP contribution >= 0.6 is 0 Å². The third-order valence-electron chi connectivity index (χ3n) is 4.98. The number of fused-ring (bicyclic) bond motifs is 2. The standard InChI is InChI=1S/C24H19N3O/c28-20-14-13-18-10-4-5-11-19(18)22(20)23-24(25-16-17-8-2-1-3-9-17)27-15-7-6-12-21(27)26-23/h1-15,25,28H,16H2. The van der Waals surface area contributed by atoms with Crippen molar-refractivity contribution in [3.8, 4) is 17.0 Å². The minimum Gasteiger partial charge on any atom is -0.507 e. The molecule has 136 valence electrons. The highest BCUT2D eigenvalue weighted by Gasteiger charge is 2.19. The first-order valence-electron chi connectivity index (χ1n) is 9.27. The zero-order chi connectivity index (χ0) is 18.9. The normalized spacial score (nSPS) is 11.1. The average Bonchev–Trinajstić information content (AvgIpc) is 3.11. The molecule has 2 aromatic heterocycles.